The highest BCUT2D eigenvalue weighted by molar-refractivity contribution is 14.1. The molecule has 0 fully saturated rings. The second kappa shape index (κ2) is 6.19. The SMILES string of the molecule is CC(C)C(COI)COC(C)(C)C. The highest BCUT2D eigenvalue weighted by atomic mass is 127. The Hall–Kier alpha value is 0.650. The normalized spacial score (nSPS) is 15.0. The van der Waals surface area contributed by atoms with Crippen LogP contribution in [-0.4, -0.2) is 18.8 Å². The van der Waals surface area contributed by atoms with Crippen LogP contribution in [0.25, 0.3) is 0 Å². The summed E-state index contributed by atoms with van der Waals surface area (Å²) in [5.41, 5.74) is -0.0432. The van der Waals surface area contributed by atoms with Crippen molar-refractivity contribution in [1.82, 2.24) is 0 Å². The summed E-state index contributed by atoms with van der Waals surface area (Å²) >= 11 is 1.94. The minimum atomic E-state index is -0.0432. The third-order valence-corrected chi connectivity index (χ3v) is 2.31. The third-order valence-electron chi connectivity index (χ3n) is 1.95. The Labute approximate surface area is 96.1 Å². The fourth-order valence-corrected chi connectivity index (χ4v) is 1.33. The van der Waals surface area contributed by atoms with Gasteiger partial charge in [0.25, 0.3) is 0 Å². The van der Waals surface area contributed by atoms with Crippen molar-refractivity contribution in [3.63, 3.8) is 0 Å². The summed E-state index contributed by atoms with van der Waals surface area (Å²) in [6.07, 6.45) is 0. The van der Waals surface area contributed by atoms with Crippen LogP contribution < -0.4 is 0 Å². The van der Waals surface area contributed by atoms with E-state index in [2.05, 4.69) is 34.6 Å². The van der Waals surface area contributed by atoms with E-state index >= 15 is 0 Å². The molecule has 0 aromatic carbocycles. The van der Waals surface area contributed by atoms with Gasteiger partial charge in [0.1, 0.15) is 23.0 Å². The number of halogens is 1. The molecule has 0 aliphatic heterocycles. The molecule has 0 spiro atoms. The molecule has 0 N–H and O–H groups in total. The zero-order valence-corrected chi connectivity index (χ0v) is 11.4. The lowest BCUT2D eigenvalue weighted by molar-refractivity contribution is -0.0350. The average molecular weight is 300 g/mol. The number of ether oxygens (including phenoxy) is 1. The monoisotopic (exact) mass is 300 g/mol. The van der Waals surface area contributed by atoms with Crippen LogP contribution in [0.3, 0.4) is 0 Å². The molecule has 0 rings (SSSR count). The van der Waals surface area contributed by atoms with Gasteiger partial charge in [-0.05, 0) is 26.7 Å². The van der Waals surface area contributed by atoms with Crippen molar-refractivity contribution in [1.29, 1.82) is 0 Å². The van der Waals surface area contributed by atoms with Gasteiger partial charge < -0.3 is 7.80 Å². The summed E-state index contributed by atoms with van der Waals surface area (Å²) in [4.78, 5) is 0. The summed E-state index contributed by atoms with van der Waals surface area (Å²) in [6, 6.07) is 0. The first kappa shape index (κ1) is 13.7. The van der Waals surface area contributed by atoms with E-state index in [4.69, 9.17) is 7.80 Å². The molecular weight excluding hydrogens is 279 g/mol. The van der Waals surface area contributed by atoms with Gasteiger partial charge in [0, 0.05) is 5.92 Å². The predicted molar refractivity (Wildman–Crippen MR) is 64.0 cm³/mol. The Bertz CT molecular complexity index is 129. The average Bonchev–Trinajstić information content (AvgIpc) is 1.95. The first-order valence-electron chi connectivity index (χ1n) is 4.74. The molecule has 0 saturated carbocycles. The van der Waals surface area contributed by atoms with Crippen molar-refractivity contribution in [2.75, 3.05) is 13.2 Å². The zero-order chi connectivity index (χ0) is 10.5. The van der Waals surface area contributed by atoms with Gasteiger partial charge >= 0.3 is 0 Å². The Kier molecular flexibility index (Phi) is 6.50. The minimum Gasteiger partial charge on any atom is -0.375 e. The Morgan fingerprint density at radius 3 is 2.00 bits per heavy atom. The van der Waals surface area contributed by atoms with Crippen molar-refractivity contribution in [3.8, 4) is 0 Å². The van der Waals surface area contributed by atoms with Crippen LogP contribution >= 0.6 is 23.0 Å². The summed E-state index contributed by atoms with van der Waals surface area (Å²) in [5.74, 6) is 1.10. The topological polar surface area (TPSA) is 18.5 Å². The van der Waals surface area contributed by atoms with Crippen LogP contribution in [-0.2, 0) is 7.80 Å². The van der Waals surface area contributed by atoms with Crippen LogP contribution in [0, 0.1) is 11.8 Å². The van der Waals surface area contributed by atoms with Crippen molar-refractivity contribution in [3.05, 3.63) is 0 Å². The largest absolute Gasteiger partial charge is 0.375 e. The molecule has 0 radical (unpaired) electrons. The summed E-state index contributed by atoms with van der Waals surface area (Å²) < 4.78 is 10.8. The van der Waals surface area contributed by atoms with E-state index < -0.39 is 0 Å². The van der Waals surface area contributed by atoms with Gasteiger partial charge in [-0.3, -0.25) is 0 Å². The molecule has 1 unspecified atom stereocenters. The molecule has 80 valence electrons. The molecule has 3 heteroatoms. The molecule has 0 saturated heterocycles. The van der Waals surface area contributed by atoms with E-state index in [-0.39, 0.29) is 5.60 Å². The highest BCUT2D eigenvalue weighted by Gasteiger charge is 2.18. The molecular formula is C10H21IO2. The molecule has 0 aromatic heterocycles. The van der Waals surface area contributed by atoms with Crippen molar-refractivity contribution in [2.24, 2.45) is 11.8 Å². The van der Waals surface area contributed by atoms with Crippen molar-refractivity contribution >= 4 is 23.0 Å². The second-order valence-corrected chi connectivity index (χ2v) is 5.33. The van der Waals surface area contributed by atoms with Crippen LogP contribution in [0.15, 0.2) is 0 Å². The lowest BCUT2D eigenvalue weighted by Gasteiger charge is -2.25. The molecule has 2 nitrogen and oxygen atoms in total. The molecule has 0 amide bonds. The molecule has 0 heterocycles. The van der Waals surface area contributed by atoms with E-state index in [0.29, 0.717) is 11.8 Å². The highest BCUT2D eigenvalue weighted by Crippen LogP contribution is 2.17. The van der Waals surface area contributed by atoms with Gasteiger partial charge in [0.05, 0.1) is 18.8 Å². The summed E-state index contributed by atoms with van der Waals surface area (Å²) in [6.45, 7) is 12.2. The Morgan fingerprint density at radius 2 is 1.69 bits per heavy atom. The van der Waals surface area contributed by atoms with Gasteiger partial charge in [-0.2, -0.15) is 0 Å². The lowest BCUT2D eigenvalue weighted by Crippen LogP contribution is -2.27. The molecule has 0 aromatic rings. The third kappa shape index (κ3) is 7.70. The smallest absolute Gasteiger partial charge is 0.109 e. The molecule has 13 heavy (non-hydrogen) atoms. The van der Waals surface area contributed by atoms with Gasteiger partial charge in [-0.1, -0.05) is 13.8 Å². The van der Waals surface area contributed by atoms with Crippen molar-refractivity contribution < 1.29 is 7.80 Å². The first-order valence-corrected chi connectivity index (χ1v) is 5.62. The van der Waals surface area contributed by atoms with Gasteiger partial charge in [-0.15, -0.1) is 0 Å². The standard InChI is InChI=1S/C10H21IO2/c1-8(2)9(7-13-11)6-12-10(3,4)5/h8-9H,6-7H2,1-5H3. The number of hydrogen-bond donors (Lipinski definition) is 0. The van der Waals surface area contributed by atoms with Crippen molar-refractivity contribution in [2.45, 2.75) is 40.2 Å². The fraction of sp³-hybridized carbons (Fsp3) is 1.00. The zero-order valence-electron chi connectivity index (χ0n) is 9.26. The molecule has 1 atom stereocenters. The number of rotatable bonds is 5. The maximum absolute atomic E-state index is 5.72. The van der Waals surface area contributed by atoms with Crippen LogP contribution in [0.5, 0.6) is 0 Å². The quantitative estimate of drug-likeness (QED) is 0.724. The van der Waals surface area contributed by atoms with E-state index in [1.165, 1.54) is 0 Å². The number of hydrogen-bond acceptors (Lipinski definition) is 2. The Morgan fingerprint density at radius 1 is 1.15 bits per heavy atom. The molecule has 0 aliphatic rings. The van der Waals surface area contributed by atoms with E-state index in [0.717, 1.165) is 13.2 Å². The molecule has 0 bridgehead atoms. The summed E-state index contributed by atoms with van der Waals surface area (Å²) in [7, 11) is 0. The van der Waals surface area contributed by atoms with E-state index in [1.54, 1.807) is 0 Å². The second-order valence-electron chi connectivity index (χ2n) is 4.70. The predicted octanol–water partition coefficient (Wildman–Crippen LogP) is 3.44. The first-order chi connectivity index (χ1) is 5.87. The summed E-state index contributed by atoms with van der Waals surface area (Å²) in [5, 5.41) is 0. The maximum Gasteiger partial charge on any atom is 0.109 e. The van der Waals surface area contributed by atoms with Gasteiger partial charge in [-0.25, -0.2) is 0 Å². The van der Waals surface area contributed by atoms with E-state index in [9.17, 15) is 0 Å². The van der Waals surface area contributed by atoms with E-state index in [1.807, 2.05) is 23.0 Å². The van der Waals surface area contributed by atoms with Crippen LogP contribution in [0.4, 0.5) is 0 Å². The van der Waals surface area contributed by atoms with Gasteiger partial charge in [0.15, 0.2) is 0 Å². The Balaban J connectivity index is 3.82. The maximum atomic E-state index is 5.72. The molecule has 0 aliphatic carbocycles. The van der Waals surface area contributed by atoms with Crippen LogP contribution in [0.1, 0.15) is 34.6 Å². The van der Waals surface area contributed by atoms with Gasteiger partial charge in [0.2, 0.25) is 0 Å². The lowest BCUT2D eigenvalue weighted by atomic mass is 9.98. The minimum absolute atomic E-state index is 0.0432. The van der Waals surface area contributed by atoms with Crippen LogP contribution in [0.2, 0.25) is 0 Å². The fourth-order valence-electron chi connectivity index (χ4n) is 0.871.